The fourth-order valence-electron chi connectivity index (χ4n) is 13.7. The Bertz CT molecular complexity index is 3580. The molecule has 0 radical (unpaired) electrons. The number of aryl methyl sites for hydroxylation is 9. The third-order valence-corrected chi connectivity index (χ3v) is 17.1. The van der Waals surface area contributed by atoms with Crippen molar-refractivity contribution in [2.24, 2.45) is 0 Å². The van der Waals surface area contributed by atoms with E-state index in [0.717, 1.165) is 0 Å². The lowest BCUT2D eigenvalue weighted by atomic mass is 9.81. The highest BCUT2D eigenvalue weighted by molar-refractivity contribution is 6.10. The van der Waals surface area contributed by atoms with Crippen LogP contribution in [0.5, 0.6) is 0 Å². The predicted octanol–water partition coefficient (Wildman–Crippen LogP) is 26.8. The number of fused-ring (bicyclic) bond motifs is 3. The Morgan fingerprint density at radius 3 is 0.685 bits per heavy atom. The van der Waals surface area contributed by atoms with Crippen molar-refractivity contribution in [1.82, 2.24) is 4.57 Å². The molecule has 0 spiro atoms. The van der Waals surface area contributed by atoms with E-state index in [2.05, 4.69) is 412 Å². The van der Waals surface area contributed by atoms with Gasteiger partial charge in [-0.15, -0.1) is 0 Å². The van der Waals surface area contributed by atoms with Gasteiger partial charge in [0.1, 0.15) is 0 Å². The van der Waals surface area contributed by atoms with E-state index in [4.69, 9.17) is 0 Å². The van der Waals surface area contributed by atoms with Crippen LogP contribution in [0.25, 0.3) is 27.5 Å². The van der Waals surface area contributed by atoms with Crippen LogP contribution >= 0.6 is 0 Å². The van der Waals surface area contributed by atoms with Crippen LogP contribution in [-0.4, -0.2) is 4.57 Å². The minimum Gasteiger partial charge on any atom is -0.309 e. The molecule has 1 aromatic heterocycles. The van der Waals surface area contributed by atoms with Crippen LogP contribution in [0.3, 0.4) is 0 Å². The molecule has 0 N–H and O–H groups in total. The van der Waals surface area contributed by atoms with Crippen molar-refractivity contribution in [3.8, 4) is 5.69 Å². The number of para-hydroxylation sites is 3. The van der Waals surface area contributed by atoms with Crippen LogP contribution in [0.15, 0.2) is 200 Å². The number of hydrogen-bond acceptors (Lipinski definition) is 0. The standard InChI is InChI=1S/C22H21N.3C12H18.3C11H16/c1-22(2,3)19-14-9-13-18-17-12-7-8-15-20(17)23(21(18)19)16-10-5-4-6-11-16;3*1-9-7-6-8-10(2)11(9)12(3,4)5;3*1-9-7-5-6-8-10(9)11(2,3)4/h4-15H,1-3H3;3*6-8H,1-5H3;3*5-8H,1-4H3. The second-order valence-corrected chi connectivity index (χ2v) is 32.9. The summed E-state index contributed by atoms with van der Waals surface area (Å²) >= 11 is 0. The molecule has 0 saturated carbocycles. The van der Waals surface area contributed by atoms with Gasteiger partial charge in [0.25, 0.3) is 0 Å². The zero-order valence-corrected chi connectivity index (χ0v) is 63.5. The number of benzene rings is 9. The smallest absolute Gasteiger partial charge is 0.0578 e. The number of aromatic nitrogens is 1. The Balaban J connectivity index is 0.000000235. The molecule has 0 fully saturated rings. The number of hydrogen-bond donors (Lipinski definition) is 0. The first-order valence-corrected chi connectivity index (χ1v) is 33.9. The van der Waals surface area contributed by atoms with Gasteiger partial charge < -0.3 is 4.57 Å². The number of nitrogens with zero attached hydrogens (tertiary/aromatic N) is 1. The van der Waals surface area contributed by atoms with Crippen molar-refractivity contribution in [2.75, 3.05) is 0 Å². The SMILES string of the molecule is CC(C)(C)c1cccc2c3ccccc3n(-c3ccccc3)c12.Cc1cccc(C)c1C(C)(C)C.Cc1cccc(C)c1C(C)(C)C.Cc1cccc(C)c1C(C)(C)C.Cc1ccccc1C(C)(C)C.Cc1ccccc1C(C)(C)C.Cc1ccccc1C(C)(C)C. The highest BCUT2D eigenvalue weighted by Crippen LogP contribution is 2.39. The van der Waals surface area contributed by atoms with Gasteiger partial charge in [-0.25, -0.2) is 0 Å². The molecular weight excluding hydrogens is 1110 g/mol. The van der Waals surface area contributed by atoms with E-state index in [9.17, 15) is 0 Å². The summed E-state index contributed by atoms with van der Waals surface area (Å²) in [4.78, 5) is 0. The van der Waals surface area contributed by atoms with Crippen LogP contribution in [0.4, 0.5) is 0 Å². The first-order valence-electron chi connectivity index (χ1n) is 33.9. The molecule has 492 valence electrons. The van der Waals surface area contributed by atoms with Gasteiger partial charge in [-0.3, -0.25) is 0 Å². The molecule has 0 amide bonds. The Kier molecular flexibility index (Phi) is 26.9. The third kappa shape index (κ3) is 22.0. The van der Waals surface area contributed by atoms with Gasteiger partial charge in [0.05, 0.1) is 11.0 Å². The monoisotopic (exact) mass is 1230 g/mol. The summed E-state index contributed by atoms with van der Waals surface area (Å²) in [7, 11) is 0. The van der Waals surface area contributed by atoms with Crippen LogP contribution in [0, 0.1) is 62.3 Å². The molecule has 0 saturated heterocycles. The topological polar surface area (TPSA) is 4.93 Å². The molecule has 0 unspecified atom stereocenters. The molecule has 10 aromatic rings. The largest absolute Gasteiger partial charge is 0.309 e. The zero-order chi connectivity index (χ0) is 69.5. The van der Waals surface area contributed by atoms with Crippen molar-refractivity contribution in [3.63, 3.8) is 0 Å². The minimum atomic E-state index is 0.0976. The lowest BCUT2D eigenvalue weighted by Gasteiger charge is -2.23. The van der Waals surface area contributed by atoms with Gasteiger partial charge in [0.15, 0.2) is 0 Å². The normalized spacial score (nSPS) is 11.8. The summed E-state index contributed by atoms with van der Waals surface area (Å²) in [5.41, 5.74) is 28.4. The molecule has 0 aliphatic carbocycles. The van der Waals surface area contributed by atoms with Gasteiger partial charge in [0, 0.05) is 16.5 Å². The van der Waals surface area contributed by atoms with E-state index >= 15 is 0 Å². The molecule has 10 rings (SSSR count). The minimum absolute atomic E-state index is 0.0976. The maximum absolute atomic E-state index is 2.41. The van der Waals surface area contributed by atoms with Crippen LogP contribution in [-0.2, 0) is 37.9 Å². The van der Waals surface area contributed by atoms with Crippen molar-refractivity contribution < 1.29 is 0 Å². The molecular formula is C91H123N. The summed E-state index contributed by atoms with van der Waals surface area (Å²) < 4.78 is 2.41. The molecule has 0 bridgehead atoms. The van der Waals surface area contributed by atoms with E-state index in [1.54, 1.807) is 0 Å². The molecule has 1 heteroatoms. The summed E-state index contributed by atoms with van der Waals surface area (Å²) in [5.74, 6) is 0. The van der Waals surface area contributed by atoms with Gasteiger partial charge in [-0.05, 0) is 207 Å². The lowest BCUT2D eigenvalue weighted by molar-refractivity contribution is 0.581. The third-order valence-electron chi connectivity index (χ3n) is 17.1. The van der Waals surface area contributed by atoms with E-state index in [1.807, 2.05) is 0 Å². The van der Waals surface area contributed by atoms with E-state index in [0.29, 0.717) is 0 Å². The molecule has 92 heavy (non-hydrogen) atoms. The molecule has 0 aliphatic heterocycles. The van der Waals surface area contributed by atoms with Gasteiger partial charge in [-0.2, -0.15) is 0 Å². The Morgan fingerprint density at radius 2 is 0.424 bits per heavy atom. The molecule has 1 nitrogen and oxygen atoms in total. The summed E-state index contributed by atoms with van der Waals surface area (Å²) in [6.07, 6.45) is 0. The first-order chi connectivity index (χ1) is 42.4. The fourth-order valence-corrected chi connectivity index (χ4v) is 13.7. The Labute approximate surface area is 563 Å². The van der Waals surface area contributed by atoms with Gasteiger partial charge in [-0.1, -0.05) is 327 Å². The maximum Gasteiger partial charge on any atom is 0.0578 e. The van der Waals surface area contributed by atoms with Crippen LogP contribution in [0.1, 0.15) is 234 Å². The van der Waals surface area contributed by atoms with Crippen LogP contribution in [0.2, 0.25) is 0 Å². The van der Waals surface area contributed by atoms with E-state index < -0.39 is 0 Å². The van der Waals surface area contributed by atoms with Crippen molar-refractivity contribution >= 4 is 21.8 Å². The van der Waals surface area contributed by atoms with Crippen molar-refractivity contribution in [1.29, 1.82) is 0 Å². The second kappa shape index (κ2) is 32.1. The average Bonchev–Trinajstić information content (AvgIpc) is 1.58. The zero-order valence-electron chi connectivity index (χ0n) is 63.5. The highest BCUT2D eigenvalue weighted by atomic mass is 15.0. The van der Waals surface area contributed by atoms with Gasteiger partial charge in [0.2, 0.25) is 0 Å². The van der Waals surface area contributed by atoms with E-state index in [1.165, 1.54) is 117 Å². The Morgan fingerprint density at radius 1 is 0.196 bits per heavy atom. The molecule has 0 atom stereocenters. The van der Waals surface area contributed by atoms with Gasteiger partial charge >= 0.3 is 0 Å². The van der Waals surface area contributed by atoms with Crippen molar-refractivity contribution in [3.05, 3.63) is 289 Å². The predicted molar refractivity (Wildman–Crippen MR) is 413 cm³/mol. The number of rotatable bonds is 1. The quantitative estimate of drug-likeness (QED) is 0.154. The molecule has 9 aromatic carbocycles. The summed E-state index contributed by atoms with van der Waals surface area (Å²) in [6, 6.07) is 71.2. The molecule has 1 heterocycles. The highest BCUT2D eigenvalue weighted by Gasteiger charge is 2.24. The fraction of sp³-hybridized carbons (Fsp3) is 0.407. The van der Waals surface area contributed by atoms with Crippen LogP contribution < -0.4 is 0 Å². The maximum atomic E-state index is 2.41. The lowest BCUT2D eigenvalue weighted by Crippen LogP contribution is -2.14. The molecule has 0 aliphatic rings. The summed E-state index contributed by atoms with van der Waals surface area (Å²) in [6.45, 7) is 67.1. The Hall–Kier alpha value is -7.22. The first kappa shape index (κ1) is 77.2. The summed E-state index contributed by atoms with van der Waals surface area (Å²) in [5, 5.41) is 2.65. The average molecular weight is 1230 g/mol. The second-order valence-electron chi connectivity index (χ2n) is 32.9. The van der Waals surface area contributed by atoms with Crippen molar-refractivity contribution in [2.45, 2.75) is 246 Å². The van der Waals surface area contributed by atoms with E-state index in [-0.39, 0.29) is 37.9 Å².